The fourth-order valence-corrected chi connectivity index (χ4v) is 4.04. The number of piperazine rings is 1. The average Bonchev–Trinajstić information content (AvgIpc) is 3.17. The van der Waals surface area contributed by atoms with Crippen molar-refractivity contribution in [2.24, 2.45) is 0 Å². The number of halogens is 1. The summed E-state index contributed by atoms with van der Waals surface area (Å²) in [5, 5.41) is 13.0. The number of benzene rings is 1. The number of nitrogens with zero attached hydrogens (tertiary/aromatic N) is 6. The molecule has 1 fully saturated rings. The molecule has 11 heteroatoms. The molecule has 1 saturated heterocycles. The summed E-state index contributed by atoms with van der Waals surface area (Å²) >= 11 is 6.20. The molecule has 0 unspecified atom stereocenters. The van der Waals surface area contributed by atoms with Gasteiger partial charge in [-0.2, -0.15) is 14.6 Å². The van der Waals surface area contributed by atoms with Crippen molar-refractivity contribution in [3.05, 3.63) is 58.6 Å². The summed E-state index contributed by atoms with van der Waals surface area (Å²) in [6.07, 6.45) is 1.05. The van der Waals surface area contributed by atoms with Gasteiger partial charge in [-0.1, -0.05) is 41.9 Å². The molecule has 3 aromatic rings. The molecular weight excluding hydrogens is 436 g/mol. The van der Waals surface area contributed by atoms with Crippen molar-refractivity contribution in [2.75, 3.05) is 13.1 Å². The maximum Gasteiger partial charge on any atom is 0.378 e. The normalized spacial score (nSPS) is 19.3. The minimum Gasteiger partial charge on any atom is -0.475 e. The third kappa shape index (κ3) is 4.06. The number of fused-ring (bicyclic) bond motifs is 1. The Hall–Kier alpha value is -3.37. The van der Waals surface area contributed by atoms with E-state index in [0.717, 1.165) is 17.3 Å². The number of hydrogen-bond donors (Lipinski definition) is 1. The van der Waals surface area contributed by atoms with E-state index in [1.165, 1.54) is 5.56 Å². The van der Waals surface area contributed by atoms with E-state index in [2.05, 4.69) is 32.1 Å². The Bertz CT molecular complexity index is 1200. The number of rotatable bonds is 5. The van der Waals surface area contributed by atoms with Gasteiger partial charge in [-0.25, -0.2) is 9.78 Å². The summed E-state index contributed by atoms with van der Waals surface area (Å²) in [7, 11) is 0. The van der Waals surface area contributed by atoms with Crippen molar-refractivity contribution in [1.29, 1.82) is 0 Å². The van der Waals surface area contributed by atoms with E-state index in [1.807, 2.05) is 32.0 Å². The maximum absolute atomic E-state index is 13.3. The van der Waals surface area contributed by atoms with Gasteiger partial charge in [0.25, 0.3) is 17.5 Å². The predicted molar refractivity (Wildman–Crippen MR) is 115 cm³/mol. The maximum atomic E-state index is 13.3. The zero-order chi connectivity index (χ0) is 23.0. The molecule has 0 aliphatic carbocycles. The van der Waals surface area contributed by atoms with E-state index < -0.39 is 17.7 Å². The fraction of sp³-hybridized carbons (Fsp3) is 0.333. The molecule has 32 heavy (non-hydrogen) atoms. The van der Waals surface area contributed by atoms with Crippen molar-refractivity contribution >= 4 is 35.0 Å². The number of carbonyl (C=O) groups excluding carboxylic acids is 2. The van der Waals surface area contributed by atoms with Crippen LogP contribution >= 0.6 is 11.6 Å². The second kappa shape index (κ2) is 8.64. The Morgan fingerprint density at radius 1 is 1.12 bits per heavy atom. The van der Waals surface area contributed by atoms with Crippen molar-refractivity contribution < 1.29 is 19.5 Å². The lowest BCUT2D eigenvalue weighted by atomic mass is 10.1. The molecule has 0 spiro atoms. The van der Waals surface area contributed by atoms with Crippen LogP contribution in [-0.2, 0) is 11.3 Å². The Kier molecular flexibility index (Phi) is 5.90. The number of carboxylic acids is 1. The summed E-state index contributed by atoms with van der Waals surface area (Å²) in [6.45, 7) is 5.87. The van der Waals surface area contributed by atoms with E-state index in [4.69, 9.17) is 16.7 Å². The van der Waals surface area contributed by atoms with Gasteiger partial charge in [-0.3, -0.25) is 14.5 Å². The van der Waals surface area contributed by atoms with Gasteiger partial charge < -0.3 is 10.0 Å². The molecule has 4 rings (SSSR count). The van der Waals surface area contributed by atoms with Crippen LogP contribution in [0.2, 0.25) is 5.15 Å². The van der Waals surface area contributed by atoms with Crippen LogP contribution < -0.4 is 0 Å². The summed E-state index contributed by atoms with van der Waals surface area (Å²) in [4.78, 5) is 48.1. The third-order valence-corrected chi connectivity index (χ3v) is 5.81. The smallest absolute Gasteiger partial charge is 0.378 e. The van der Waals surface area contributed by atoms with Gasteiger partial charge in [0.15, 0.2) is 10.8 Å². The molecular formula is C21H21ClN6O4. The first kappa shape index (κ1) is 21.8. The predicted octanol–water partition coefficient (Wildman–Crippen LogP) is 1.78. The Morgan fingerprint density at radius 2 is 1.84 bits per heavy atom. The molecule has 166 valence electrons. The molecule has 0 saturated carbocycles. The zero-order valence-corrected chi connectivity index (χ0v) is 18.2. The highest BCUT2D eigenvalue weighted by Crippen LogP contribution is 2.22. The topological polar surface area (TPSA) is 121 Å². The highest BCUT2D eigenvalue weighted by atomic mass is 35.5. The van der Waals surface area contributed by atoms with Gasteiger partial charge in [0.1, 0.15) is 5.69 Å². The Balaban J connectivity index is 1.59. The van der Waals surface area contributed by atoms with Gasteiger partial charge in [-0.15, -0.1) is 0 Å². The molecule has 1 N–H and O–H groups in total. The lowest BCUT2D eigenvalue weighted by molar-refractivity contribution is -0.131. The lowest BCUT2D eigenvalue weighted by Gasteiger charge is -2.44. The van der Waals surface area contributed by atoms with Crippen molar-refractivity contribution in [3.8, 4) is 0 Å². The van der Waals surface area contributed by atoms with Crippen LogP contribution in [0.3, 0.4) is 0 Å². The molecule has 10 nitrogen and oxygen atoms in total. The zero-order valence-electron chi connectivity index (χ0n) is 17.5. The minimum atomic E-state index is -1.66. The number of hydrogen-bond acceptors (Lipinski definition) is 7. The lowest BCUT2D eigenvalue weighted by Crippen LogP contribution is -2.57. The summed E-state index contributed by atoms with van der Waals surface area (Å²) < 4.78 is 0.940. The molecule has 3 heterocycles. The molecule has 1 amide bonds. The Labute approximate surface area is 188 Å². The molecule has 2 aromatic heterocycles. The third-order valence-electron chi connectivity index (χ3n) is 5.55. The SMILES string of the molecule is C[C@@H]1CN(Cc2ccccc2)[C@@H](C)CN1C(=O)c1nn2c(C(=O)C(=O)O)cnc2nc1Cl. The number of Topliss-reactive ketones (excluding diaryl/α,β-unsaturated/α-hetero) is 1. The van der Waals surface area contributed by atoms with Crippen LogP contribution in [0.1, 0.15) is 40.4 Å². The second-order valence-corrected chi connectivity index (χ2v) is 8.17. The van der Waals surface area contributed by atoms with Gasteiger partial charge in [0.2, 0.25) is 0 Å². The number of aromatic nitrogens is 4. The van der Waals surface area contributed by atoms with Gasteiger partial charge in [-0.05, 0) is 19.4 Å². The van der Waals surface area contributed by atoms with E-state index in [1.54, 1.807) is 4.90 Å². The summed E-state index contributed by atoms with van der Waals surface area (Å²) in [5.41, 5.74) is 0.730. The van der Waals surface area contributed by atoms with E-state index in [-0.39, 0.29) is 34.4 Å². The van der Waals surface area contributed by atoms with Crippen LogP contribution in [0.15, 0.2) is 36.5 Å². The number of ketones is 1. The number of imidazole rings is 1. The molecule has 1 aliphatic rings. The largest absolute Gasteiger partial charge is 0.475 e. The average molecular weight is 457 g/mol. The molecule has 1 aliphatic heterocycles. The van der Waals surface area contributed by atoms with E-state index >= 15 is 0 Å². The fourth-order valence-electron chi connectivity index (χ4n) is 3.84. The standard InChI is InChI=1S/C21H21ClN6O4/c1-12-10-27(13(2)9-26(12)11-14-6-4-3-5-7-14)19(30)16-18(22)24-21-23-8-15(28(21)25-16)17(29)20(31)32/h3-8,12-13H,9-11H2,1-2H3,(H,31,32)/t12-,13+/m0/s1. The number of carbonyl (C=O) groups is 3. The molecule has 0 bridgehead atoms. The number of amides is 1. The van der Waals surface area contributed by atoms with Crippen LogP contribution in [0.25, 0.3) is 5.78 Å². The van der Waals surface area contributed by atoms with Gasteiger partial charge >= 0.3 is 5.97 Å². The first-order valence-corrected chi connectivity index (χ1v) is 10.4. The van der Waals surface area contributed by atoms with Crippen molar-refractivity contribution in [2.45, 2.75) is 32.5 Å². The molecule has 1 aromatic carbocycles. The quantitative estimate of drug-likeness (QED) is 0.455. The molecule has 0 radical (unpaired) electrons. The monoisotopic (exact) mass is 456 g/mol. The van der Waals surface area contributed by atoms with Crippen molar-refractivity contribution in [1.82, 2.24) is 29.4 Å². The van der Waals surface area contributed by atoms with Crippen LogP contribution in [0, 0.1) is 0 Å². The van der Waals surface area contributed by atoms with Gasteiger partial charge in [0, 0.05) is 31.7 Å². The Morgan fingerprint density at radius 3 is 2.53 bits per heavy atom. The van der Waals surface area contributed by atoms with Crippen LogP contribution in [0.5, 0.6) is 0 Å². The van der Waals surface area contributed by atoms with Crippen molar-refractivity contribution in [3.63, 3.8) is 0 Å². The van der Waals surface area contributed by atoms with Crippen LogP contribution in [0.4, 0.5) is 0 Å². The van der Waals surface area contributed by atoms with E-state index in [9.17, 15) is 14.4 Å². The molecule has 2 atom stereocenters. The van der Waals surface area contributed by atoms with Gasteiger partial charge in [0.05, 0.1) is 6.20 Å². The van der Waals surface area contributed by atoms with E-state index in [0.29, 0.717) is 13.1 Å². The highest BCUT2D eigenvalue weighted by Gasteiger charge is 2.34. The number of aliphatic carboxylic acids is 1. The number of carboxylic acid groups (broad SMARTS) is 1. The second-order valence-electron chi connectivity index (χ2n) is 7.81. The van der Waals surface area contributed by atoms with Crippen LogP contribution in [-0.4, -0.2) is 77.3 Å². The first-order chi connectivity index (χ1) is 15.3. The summed E-state index contributed by atoms with van der Waals surface area (Å²) in [5.74, 6) is -3.37. The first-order valence-electron chi connectivity index (χ1n) is 10.0. The minimum absolute atomic E-state index is 0.0646. The highest BCUT2D eigenvalue weighted by molar-refractivity contribution is 6.39. The summed E-state index contributed by atoms with van der Waals surface area (Å²) in [6, 6.07) is 10.1.